The van der Waals surface area contributed by atoms with Gasteiger partial charge in [-0.2, -0.15) is 15.8 Å². The Morgan fingerprint density at radius 2 is 1.18 bits per heavy atom. The van der Waals surface area contributed by atoms with E-state index >= 15 is 0 Å². The summed E-state index contributed by atoms with van der Waals surface area (Å²) in [6.07, 6.45) is 6.67. The number of nitriles is 3. The molecule has 0 amide bonds. The summed E-state index contributed by atoms with van der Waals surface area (Å²) in [5.74, 6) is 0.227. The number of hydrogen-bond acceptors (Lipinski definition) is 4. The first-order chi connectivity index (χ1) is 27.7. The molecule has 7 aromatic carbocycles. The number of anilines is 2. The molecule has 56 heavy (non-hydrogen) atoms. The Morgan fingerprint density at radius 1 is 0.536 bits per heavy atom. The predicted octanol–water partition coefficient (Wildman–Crippen LogP) is 12.4. The minimum atomic E-state index is 0.214. The molecule has 2 atom stereocenters. The molecule has 1 aliphatic heterocycles. The summed E-state index contributed by atoms with van der Waals surface area (Å²) in [7, 11) is 0. The summed E-state index contributed by atoms with van der Waals surface area (Å²) in [6, 6.07) is 59.2. The van der Waals surface area contributed by atoms with Crippen molar-refractivity contribution in [3.63, 3.8) is 0 Å². The van der Waals surface area contributed by atoms with Gasteiger partial charge >= 0.3 is 0 Å². The Balaban J connectivity index is 1.23. The van der Waals surface area contributed by atoms with Gasteiger partial charge in [-0.1, -0.05) is 115 Å². The van der Waals surface area contributed by atoms with Crippen molar-refractivity contribution in [1.82, 2.24) is 4.57 Å². The van der Waals surface area contributed by atoms with E-state index in [0.717, 1.165) is 85.1 Å². The van der Waals surface area contributed by atoms with Crippen LogP contribution in [0, 0.1) is 34.0 Å². The molecule has 0 bridgehead atoms. The molecule has 5 heteroatoms. The fourth-order valence-electron chi connectivity index (χ4n) is 9.22. The van der Waals surface area contributed by atoms with E-state index in [0.29, 0.717) is 16.7 Å². The third-order valence-electron chi connectivity index (χ3n) is 11.5. The van der Waals surface area contributed by atoms with E-state index in [4.69, 9.17) is 0 Å². The maximum atomic E-state index is 10.3. The first-order valence-corrected chi connectivity index (χ1v) is 18.9. The lowest BCUT2D eigenvalue weighted by molar-refractivity contribution is 0.565. The Hall–Kier alpha value is -7.65. The van der Waals surface area contributed by atoms with Gasteiger partial charge in [0.2, 0.25) is 0 Å². The summed E-state index contributed by atoms with van der Waals surface area (Å²) in [6.45, 7) is 0. The molecule has 2 aliphatic rings. The van der Waals surface area contributed by atoms with Crippen LogP contribution >= 0.6 is 0 Å². The van der Waals surface area contributed by atoms with Gasteiger partial charge in [0.15, 0.2) is 0 Å². The first-order valence-electron chi connectivity index (χ1n) is 18.9. The lowest BCUT2D eigenvalue weighted by atomic mass is 9.85. The van der Waals surface area contributed by atoms with Crippen molar-refractivity contribution in [3.8, 4) is 57.3 Å². The van der Waals surface area contributed by atoms with E-state index in [1.165, 1.54) is 5.56 Å². The predicted molar refractivity (Wildman–Crippen MR) is 225 cm³/mol. The number of hydrogen-bond donors (Lipinski definition) is 0. The van der Waals surface area contributed by atoms with Crippen molar-refractivity contribution >= 4 is 33.2 Å². The summed E-state index contributed by atoms with van der Waals surface area (Å²) in [5, 5.41) is 32.1. The van der Waals surface area contributed by atoms with E-state index in [-0.39, 0.29) is 12.0 Å². The number of aromatic nitrogens is 1. The van der Waals surface area contributed by atoms with E-state index in [9.17, 15) is 15.8 Å². The highest BCUT2D eigenvalue weighted by atomic mass is 15.2. The number of benzene rings is 7. The Bertz CT molecular complexity index is 3050. The zero-order chi connectivity index (χ0) is 37.8. The molecule has 0 radical (unpaired) electrons. The van der Waals surface area contributed by atoms with Crippen LogP contribution in [0.15, 0.2) is 164 Å². The van der Waals surface area contributed by atoms with E-state index in [1.54, 1.807) is 0 Å². The summed E-state index contributed by atoms with van der Waals surface area (Å²) < 4.78 is 2.23. The SMILES string of the molecule is N#Cc1cccc(-n2c3ccc(C#N)cc3c3cccc(-c4ccccc4-c4ccccc4-c4cccc5c4N(c4ccccc4C#N)C4CCC=CC54)c32)c1. The quantitative estimate of drug-likeness (QED) is 0.166. The highest BCUT2D eigenvalue weighted by molar-refractivity contribution is 6.15. The highest BCUT2D eigenvalue weighted by Gasteiger charge is 2.41. The Labute approximate surface area is 325 Å². The van der Waals surface area contributed by atoms with Gasteiger partial charge in [0, 0.05) is 39.5 Å². The Morgan fingerprint density at radius 3 is 1.95 bits per heavy atom. The number of allylic oxidation sites excluding steroid dienone is 1. The van der Waals surface area contributed by atoms with Gasteiger partial charge in [-0.15, -0.1) is 0 Å². The van der Waals surface area contributed by atoms with Gasteiger partial charge in [-0.3, -0.25) is 0 Å². The van der Waals surface area contributed by atoms with Gasteiger partial charge in [0.1, 0.15) is 6.07 Å². The van der Waals surface area contributed by atoms with E-state index in [2.05, 4.69) is 131 Å². The molecule has 10 rings (SSSR count). The Kier molecular flexibility index (Phi) is 7.85. The summed E-state index contributed by atoms with van der Waals surface area (Å²) in [4.78, 5) is 2.45. The molecule has 1 aliphatic carbocycles. The monoisotopic (exact) mass is 715 g/mol. The molecule has 0 N–H and O–H groups in total. The van der Waals surface area contributed by atoms with Crippen LogP contribution in [0.2, 0.25) is 0 Å². The molecular formula is C51H33N5. The molecular weight excluding hydrogens is 683 g/mol. The second-order valence-corrected chi connectivity index (χ2v) is 14.5. The van der Waals surface area contributed by atoms with Crippen LogP contribution in [0.3, 0.4) is 0 Å². The molecule has 2 unspecified atom stereocenters. The van der Waals surface area contributed by atoms with Crippen LogP contribution in [0.5, 0.6) is 0 Å². The average molecular weight is 716 g/mol. The maximum Gasteiger partial charge on any atom is 0.101 e. The number of fused-ring (bicyclic) bond motifs is 6. The largest absolute Gasteiger partial charge is 0.336 e. The van der Waals surface area contributed by atoms with Crippen molar-refractivity contribution in [2.75, 3.05) is 4.90 Å². The zero-order valence-corrected chi connectivity index (χ0v) is 30.4. The van der Waals surface area contributed by atoms with Crippen LogP contribution in [0.1, 0.15) is 41.0 Å². The molecule has 0 saturated carbocycles. The van der Waals surface area contributed by atoms with E-state index < -0.39 is 0 Å². The third-order valence-corrected chi connectivity index (χ3v) is 11.5. The smallest absolute Gasteiger partial charge is 0.101 e. The average Bonchev–Trinajstić information content (AvgIpc) is 3.79. The molecule has 0 fully saturated rings. The molecule has 0 saturated heterocycles. The minimum absolute atomic E-state index is 0.214. The van der Waals surface area contributed by atoms with Crippen LogP contribution in [0.25, 0.3) is 60.9 Å². The van der Waals surface area contributed by atoms with Gasteiger partial charge in [-0.25, -0.2) is 0 Å². The van der Waals surface area contributed by atoms with Gasteiger partial charge in [0.25, 0.3) is 0 Å². The van der Waals surface area contributed by atoms with Gasteiger partial charge in [0.05, 0.1) is 51.2 Å². The van der Waals surface area contributed by atoms with Crippen molar-refractivity contribution in [1.29, 1.82) is 15.8 Å². The number of rotatable bonds is 5. The second kappa shape index (κ2) is 13.3. The molecule has 1 aromatic heterocycles. The van der Waals surface area contributed by atoms with Crippen molar-refractivity contribution in [3.05, 3.63) is 186 Å². The molecule has 262 valence electrons. The standard InChI is InChI=1S/C51H33N5/c52-30-33-12-9-14-36(28-33)55-49-27-26-34(31-53)29-46(49)45-23-11-20-42(50(45)55)39-17-4-2-15-37(39)38-16-3-5-18-40(38)43-21-10-22-44-41-19-6-8-25-48(41)56(51(43)44)47-24-7-1-13-35(47)32-54/h1-7,9-24,26-29,41,48H,8,25H2. The third kappa shape index (κ3) is 5.05. The molecule has 0 spiro atoms. The molecule has 8 aromatic rings. The summed E-state index contributed by atoms with van der Waals surface area (Å²) >= 11 is 0. The number of nitrogens with zero attached hydrogens (tertiary/aromatic N) is 5. The van der Waals surface area contributed by atoms with Crippen LogP contribution in [-0.2, 0) is 0 Å². The van der Waals surface area contributed by atoms with Gasteiger partial charge in [-0.05, 0) is 89.2 Å². The minimum Gasteiger partial charge on any atom is -0.336 e. The maximum absolute atomic E-state index is 10.3. The lowest BCUT2D eigenvalue weighted by Crippen LogP contribution is -2.31. The second-order valence-electron chi connectivity index (χ2n) is 14.5. The van der Waals surface area contributed by atoms with Crippen molar-refractivity contribution < 1.29 is 0 Å². The lowest BCUT2D eigenvalue weighted by Gasteiger charge is -2.33. The zero-order valence-electron chi connectivity index (χ0n) is 30.4. The van der Waals surface area contributed by atoms with Crippen LogP contribution in [0.4, 0.5) is 11.4 Å². The topological polar surface area (TPSA) is 79.5 Å². The molecule has 2 heterocycles. The highest BCUT2D eigenvalue weighted by Crippen LogP contribution is 2.54. The van der Waals surface area contributed by atoms with E-state index in [1.807, 2.05) is 60.7 Å². The van der Waals surface area contributed by atoms with Crippen molar-refractivity contribution in [2.24, 2.45) is 0 Å². The van der Waals surface area contributed by atoms with Gasteiger partial charge < -0.3 is 9.47 Å². The molecule has 5 nitrogen and oxygen atoms in total. The van der Waals surface area contributed by atoms with Crippen LogP contribution in [-0.4, -0.2) is 10.6 Å². The van der Waals surface area contributed by atoms with Crippen molar-refractivity contribution in [2.45, 2.75) is 24.8 Å². The first kappa shape index (κ1) is 33.0. The fourth-order valence-corrected chi connectivity index (χ4v) is 9.22. The summed E-state index contributed by atoms with van der Waals surface area (Å²) in [5.41, 5.74) is 14.7. The number of para-hydroxylation sites is 3. The fraction of sp³-hybridized carbons (Fsp3) is 0.0784. The van der Waals surface area contributed by atoms with Crippen LogP contribution < -0.4 is 4.90 Å². The normalized spacial score (nSPS) is 15.6.